The molecule has 9 nitrogen and oxygen atoms in total. The molecule has 2 heterocycles. The second-order valence-electron chi connectivity index (χ2n) is 6.74. The molecule has 1 saturated carbocycles. The number of anilines is 1. The summed E-state index contributed by atoms with van der Waals surface area (Å²) >= 11 is 0. The Morgan fingerprint density at radius 1 is 1.12 bits per heavy atom. The van der Waals surface area contributed by atoms with E-state index in [9.17, 15) is 16.8 Å². The van der Waals surface area contributed by atoms with Gasteiger partial charge in [0.25, 0.3) is 10.2 Å². The number of hydrogen-bond donors (Lipinski definition) is 1. The van der Waals surface area contributed by atoms with Crippen molar-refractivity contribution in [2.45, 2.75) is 37.0 Å². The first-order chi connectivity index (χ1) is 12.2. The molecule has 2 aliphatic rings. The molecule has 1 aliphatic heterocycles. The zero-order valence-electron chi connectivity index (χ0n) is 14.8. The number of aromatic nitrogens is 1. The first kappa shape index (κ1) is 19.3. The van der Waals surface area contributed by atoms with Crippen LogP contribution in [-0.2, 0) is 20.2 Å². The third kappa shape index (κ3) is 4.45. The highest BCUT2D eigenvalue weighted by Gasteiger charge is 2.35. The van der Waals surface area contributed by atoms with Crippen LogP contribution in [0.4, 0.5) is 5.69 Å². The number of pyridine rings is 1. The zero-order chi connectivity index (χ0) is 18.9. The molecule has 1 aromatic rings. The van der Waals surface area contributed by atoms with Crippen molar-refractivity contribution in [3.8, 4) is 5.88 Å². The van der Waals surface area contributed by atoms with Crippen LogP contribution in [0.3, 0.4) is 0 Å². The van der Waals surface area contributed by atoms with Crippen LogP contribution in [0.25, 0.3) is 0 Å². The van der Waals surface area contributed by atoms with Gasteiger partial charge in [0.15, 0.2) is 0 Å². The van der Waals surface area contributed by atoms with Crippen molar-refractivity contribution in [3.05, 3.63) is 18.3 Å². The summed E-state index contributed by atoms with van der Waals surface area (Å²) in [6, 6.07) is 3.24. The fourth-order valence-corrected chi connectivity index (χ4v) is 5.23. The molecule has 11 heteroatoms. The third-order valence-electron chi connectivity index (χ3n) is 4.44. The monoisotopic (exact) mass is 404 g/mol. The van der Waals surface area contributed by atoms with Crippen molar-refractivity contribution in [3.63, 3.8) is 0 Å². The molecular formula is C15H24N4O5S2. The lowest BCUT2D eigenvalue weighted by atomic mass is 10.1. The predicted molar refractivity (Wildman–Crippen MR) is 97.6 cm³/mol. The Hall–Kier alpha value is -1.43. The lowest BCUT2D eigenvalue weighted by Crippen LogP contribution is -2.46. The van der Waals surface area contributed by atoms with Crippen molar-refractivity contribution in [1.82, 2.24) is 13.6 Å². The molecule has 0 atom stereocenters. The summed E-state index contributed by atoms with van der Waals surface area (Å²) in [7, 11) is -3.67. The Morgan fingerprint density at radius 2 is 1.77 bits per heavy atom. The van der Waals surface area contributed by atoms with Gasteiger partial charge in [-0.15, -0.1) is 0 Å². The Bertz CT molecular complexity index is 827. The van der Waals surface area contributed by atoms with E-state index in [0.29, 0.717) is 50.3 Å². The molecule has 1 aromatic heterocycles. The summed E-state index contributed by atoms with van der Waals surface area (Å²) in [5, 5.41) is -0.290. The summed E-state index contributed by atoms with van der Waals surface area (Å²) in [6.45, 7) is 0.787. The van der Waals surface area contributed by atoms with Gasteiger partial charge in [0.2, 0.25) is 15.9 Å². The molecule has 1 aliphatic carbocycles. The van der Waals surface area contributed by atoms with Crippen LogP contribution in [0.1, 0.15) is 25.7 Å². The van der Waals surface area contributed by atoms with Gasteiger partial charge in [-0.3, -0.25) is 4.72 Å². The lowest BCUT2D eigenvalue weighted by molar-refractivity contribution is 0.128. The van der Waals surface area contributed by atoms with Crippen molar-refractivity contribution in [2.75, 3.05) is 31.9 Å². The van der Waals surface area contributed by atoms with Gasteiger partial charge in [-0.25, -0.2) is 13.4 Å². The van der Waals surface area contributed by atoms with Gasteiger partial charge in [0, 0.05) is 33.3 Å². The highest BCUT2D eigenvalue weighted by Crippen LogP contribution is 2.30. The van der Waals surface area contributed by atoms with E-state index < -0.39 is 20.2 Å². The number of hydrogen-bond acceptors (Lipinski definition) is 6. The average Bonchev–Trinajstić information content (AvgIpc) is 3.42. The first-order valence-corrected chi connectivity index (χ1v) is 11.4. The molecule has 0 radical (unpaired) electrons. The number of nitrogens with one attached hydrogen (secondary N) is 1. The number of rotatable bonds is 7. The van der Waals surface area contributed by atoms with Gasteiger partial charge >= 0.3 is 0 Å². The van der Waals surface area contributed by atoms with Gasteiger partial charge in [-0.1, -0.05) is 0 Å². The minimum Gasteiger partial charge on any atom is -0.474 e. The number of piperidine rings is 1. The minimum absolute atomic E-state index is 0.120. The molecule has 0 amide bonds. The molecular weight excluding hydrogens is 380 g/mol. The van der Waals surface area contributed by atoms with Gasteiger partial charge in [0.1, 0.15) is 6.10 Å². The predicted octanol–water partition coefficient (Wildman–Crippen LogP) is 0.635. The van der Waals surface area contributed by atoms with E-state index in [1.807, 2.05) is 0 Å². The molecule has 26 heavy (non-hydrogen) atoms. The molecule has 1 N–H and O–H groups in total. The lowest BCUT2D eigenvalue weighted by Gasteiger charge is -2.32. The second kappa shape index (κ2) is 7.29. The van der Waals surface area contributed by atoms with Crippen molar-refractivity contribution >= 4 is 25.9 Å². The van der Waals surface area contributed by atoms with E-state index in [0.717, 1.165) is 0 Å². The number of sulfonamides is 1. The van der Waals surface area contributed by atoms with Crippen LogP contribution >= 0.6 is 0 Å². The second-order valence-corrected chi connectivity index (χ2v) is 10.8. The third-order valence-corrected chi connectivity index (χ3v) is 8.25. The van der Waals surface area contributed by atoms with Gasteiger partial charge in [-0.2, -0.15) is 17.0 Å². The minimum atomic E-state index is -3.39. The SMILES string of the molecule is CN(C)S(=O)(=O)N1CCC(Oc2ccc(NS(=O)(=O)C3CC3)cn2)CC1. The van der Waals surface area contributed by atoms with Crippen LogP contribution in [0, 0.1) is 0 Å². The van der Waals surface area contributed by atoms with E-state index >= 15 is 0 Å². The maximum Gasteiger partial charge on any atom is 0.281 e. The molecule has 3 rings (SSSR count). The Labute approximate surface area is 154 Å². The maximum absolute atomic E-state index is 12.1. The van der Waals surface area contributed by atoms with Crippen LogP contribution in [-0.4, -0.2) is 69.0 Å². The largest absolute Gasteiger partial charge is 0.474 e. The summed E-state index contributed by atoms with van der Waals surface area (Å²) in [5.74, 6) is 0.397. The van der Waals surface area contributed by atoms with E-state index in [1.165, 1.54) is 28.9 Å². The first-order valence-electron chi connectivity index (χ1n) is 8.50. The van der Waals surface area contributed by atoms with Crippen molar-refractivity contribution in [1.29, 1.82) is 0 Å². The van der Waals surface area contributed by atoms with Crippen LogP contribution in [0.15, 0.2) is 18.3 Å². The van der Waals surface area contributed by atoms with Crippen molar-refractivity contribution in [2.24, 2.45) is 0 Å². The van der Waals surface area contributed by atoms with Crippen LogP contribution < -0.4 is 9.46 Å². The molecule has 0 unspecified atom stereocenters. The fraction of sp³-hybridized carbons (Fsp3) is 0.667. The van der Waals surface area contributed by atoms with E-state index in [4.69, 9.17) is 4.74 Å². The van der Waals surface area contributed by atoms with E-state index in [2.05, 4.69) is 9.71 Å². The standard InChI is InChI=1S/C15H24N4O5S2/c1-18(2)26(22,23)19-9-7-13(8-10-19)24-15-6-3-12(11-16-15)17-25(20,21)14-4-5-14/h3,6,11,13-14,17H,4-5,7-10H2,1-2H3. The summed E-state index contributed by atoms with van der Waals surface area (Å²) in [5.41, 5.74) is 0.413. The smallest absolute Gasteiger partial charge is 0.281 e. The quantitative estimate of drug-likeness (QED) is 0.714. The highest BCUT2D eigenvalue weighted by molar-refractivity contribution is 7.93. The highest BCUT2D eigenvalue weighted by atomic mass is 32.2. The molecule has 2 fully saturated rings. The Kier molecular flexibility index (Phi) is 5.42. The number of nitrogens with zero attached hydrogens (tertiary/aromatic N) is 3. The molecule has 0 spiro atoms. The van der Waals surface area contributed by atoms with Crippen LogP contribution in [0.5, 0.6) is 5.88 Å². The molecule has 0 aromatic carbocycles. The van der Waals surface area contributed by atoms with Gasteiger partial charge < -0.3 is 4.74 Å². The molecule has 146 valence electrons. The van der Waals surface area contributed by atoms with Crippen LogP contribution in [0.2, 0.25) is 0 Å². The van der Waals surface area contributed by atoms with E-state index in [1.54, 1.807) is 12.1 Å². The summed E-state index contributed by atoms with van der Waals surface area (Å²) in [4.78, 5) is 4.14. The average molecular weight is 405 g/mol. The summed E-state index contributed by atoms with van der Waals surface area (Å²) in [6.07, 6.45) is 3.86. The maximum atomic E-state index is 12.1. The summed E-state index contributed by atoms with van der Waals surface area (Å²) < 4.78 is 59.0. The molecule has 0 bridgehead atoms. The molecule has 1 saturated heterocycles. The Balaban J connectivity index is 1.52. The topological polar surface area (TPSA) is 109 Å². The normalized spacial score (nSPS) is 20.3. The van der Waals surface area contributed by atoms with Gasteiger partial charge in [-0.05, 0) is 31.7 Å². The number of ether oxygens (including phenoxy) is 1. The van der Waals surface area contributed by atoms with Gasteiger partial charge in [0.05, 0.1) is 17.1 Å². The van der Waals surface area contributed by atoms with E-state index in [-0.39, 0.29) is 11.4 Å². The Morgan fingerprint density at radius 3 is 2.27 bits per heavy atom. The fourth-order valence-electron chi connectivity index (χ4n) is 2.72. The zero-order valence-corrected chi connectivity index (χ0v) is 16.5. The van der Waals surface area contributed by atoms with Crippen molar-refractivity contribution < 1.29 is 21.6 Å².